The predicted octanol–water partition coefficient (Wildman–Crippen LogP) is 2.64. The molecule has 0 spiro atoms. The summed E-state index contributed by atoms with van der Waals surface area (Å²) in [6.45, 7) is 5.90. The Morgan fingerprint density at radius 3 is 2.54 bits per heavy atom. The van der Waals surface area contributed by atoms with E-state index in [0.29, 0.717) is 12.1 Å². The van der Waals surface area contributed by atoms with E-state index in [4.69, 9.17) is 4.74 Å². The van der Waals surface area contributed by atoms with Crippen molar-refractivity contribution in [2.24, 2.45) is 0 Å². The lowest BCUT2D eigenvalue weighted by atomic mass is 10.0. The summed E-state index contributed by atoms with van der Waals surface area (Å²) in [5.74, 6) is -0.741. The Bertz CT molecular complexity index is 625. The second-order valence-corrected chi connectivity index (χ2v) is 5.83. The predicted molar refractivity (Wildman–Crippen MR) is 92.3 cm³/mol. The number of cyclic esters (lactones) is 1. The summed E-state index contributed by atoms with van der Waals surface area (Å²) in [5, 5.41) is 0. The van der Waals surface area contributed by atoms with Gasteiger partial charge in [-0.3, -0.25) is 20.4 Å². The number of carbonyl (C=O) groups is 3. The van der Waals surface area contributed by atoms with E-state index >= 15 is 0 Å². The number of hydrogen-bond donors (Lipinski definition) is 2. The molecule has 0 bridgehead atoms. The van der Waals surface area contributed by atoms with Crippen molar-refractivity contribution >= 4 is 17.9 Å². The molecule has 2 N–H and O–H groups in total. The van der Waals surface area contributed by atoms with E-state index in [9.17, 15) is 14.4 Å². The van der Waals surface area contributed by atoms with Gasteiger partial charge in [-0.05, 0) is 31.0 Å². The van der Waals surface area contributed by atoms with E-state index in [1.54, 1.807) is 29.2 Å². The number of amides is 3. The third-order valence-corrected chi connectivity index (χ3v) is 4.12. The number of nitrogens with one attached hydrogen (secondary N) is 2. The van der Waals surface area contributed by atoms with Crippen molar-refractivity contribution in [3.63, 3.8) is 0 Å². The average molecular weight is 337 g/mol. The lowest BCUT2D eigenvalue weighted by Gasteiger charge is -2.35. The Kier molecular flexibility index (Phi) is 5.78. The van der Waals surface area contributed by atoms with Crippen molar-refractivity contribution in [3.05, 3.63) is 35.4 Å². The van der Waals surface area contributed by atoms with Crippen LogP contribution in [0.1, 0.15) is 58.4 Å². The molecule has 7 heteroatoms. The highest BCUT2D eigenvalue weighted by Gasteiger charge is 2.30. The number of nitrogens with zero attached hydrogens (tertiary/aromatic N) is 1. The molecular formula is C17H27N3O4. The molecule has 0 radical (unpaired) electrons. The number of benzene rings is 1. The molecule has 2 rings (SSSR count). The number of rotatable bonds is 4. The molecule has 0 unspecified atom stereocenters. The molecule has 0 saturated carbocycles. The van der Waals surface area contributed by atoms with Crippen LogP contribution >= 0.6 is 0 Å². The molecular weight excluding hydrogens is 310 g/mol. The van der Waals surface area contributed by atoms with Crippen molar-refractivity contribution in [1.82, 2.24) is 15.8 Å². The molecule has 1 saturated heterocycles. The number of hydrazine groups is 1. The summed E-state index contributed by atoms with van der Waals surface area (Å²) in [7, 11) is 0. The SMILES string of the molecule is CC[C@@H]1CCN([C@@H](C)c2ccc(C(=O)NNC(C)=O)cc2)C(=O)O1.[HH].[HH]. The van der Waals surface area contributed by atoms with Gasteiger partial charge in [-0.15, -0.1) is 0 Å². The summed E-state index contributed by atoms with van der Waals surface area (Å²) < 4.78 is 5.39. The molecule has 1 aliphatic rings. The molecule has 1 fully saturated rings. The van der Waals surface area contributed by atoms with Crippen LogP contribution in [0.5, 0.6) is 0 Å². The molecule has 3 amide bonds. The third kappa shape index (κ3) is 4.24. The monoisotopic (exact) mass is 337 g/mol. The minimum Gasteiger partial charge on any atom is -0.446 e. The highest BCUT2D eigenvalue weighted by molar-refractivity contribution is 5.95. The Morgan fingerprint density at radius 1 is 1.33 bits per heavy atom. The topological polar surface area (TPSA) is 87.7 Å². The molecule has 1 heterocycles. The zero-order valence-corrected chi connectivity index (χ0v) is 14.2. The van der Waals surface area contributed by atoms with Gasteiger partial charge in [-0.1, -0.05) is 19.1 Å². The summed E-state index contributed by atoms with van der Waals surface area (Å²) in [4.78, 5) is 36.4. The van der Waals surface area contributed by atoms with E-state index in [-0.39, 0.29) is 27.0 Å². The van der Waals surface area contributed by atoms with Crippen molar-refractivity contribution < 1.29 is 22.0 Å². The fraction of sp³-hybridized carbons (Fsp3) is 0.471. The number of carbonyl (C=O) groups excluding carboxylic acids is 3. The van der Waals surface area contributed by atoms with Crippen LogP contribution < -0.4 is 10.9 Å². The molecule has 2 atom stereocenters. The zero-order valence-electron chi connectivity index (χ0n) is 14.2. The van der Waals surface area contributed by atoms with Crippen LogP contribution in [-0.2, 0) is 9.53 Å². The first kappa shape index (κ1) is 17.8. The maximum Gasteiger partial charge on any atom is 0.410 e. The first-order valence-corrected chi connectivity index (χ1v) is 8.06. The first-order chi connectivity index (χ1) is 11.4. The molecule has 24 heavy (non-hydrogen) atoms. The fourth-order valence-electron chi connectivity index (χ4n) is 2.59. The van der Waals surface area contributed by atoms with Crippen molar-refractivity contribution in [3.8, 4) is 0 Å². The van der Waals surface area contributed by atoms with Gasteiger partial charge >= 0.3 is 6.09 Å². The Hall–Kier alpha value is -2.57. The Balaban J connectivity index is 0.00000312. The minimum atomic E-state index is -0.396. The summed E-state index contributed by atoms with van der Waals surface area (Å²) >= 11 is 0. The van der Waals surface area contributed by atoms with Gasteiger partial charge < -0.3 is 9.64 Å². The second-order valence-electron chi connectivity index (χ2n) is 5.83. The molecule has 1 aromatic rings. The van der Waals surface area contributed by atoms with E-state index in [1.807, 2.05) is 13.8 Å². The lowest BCUT2D eigenvalue weighted by molar-refractivity contribution is -0.119. The van der Waals surface area contributed by atoms with Gasteiger partial charge in [0, 0.05) is 28.3 Å². The first-order valence-electron chi connectivity index (χ1n) is 8.06. The average Bonchev–Trinajstić information content (AvgIpc) is 2.59. The number of ether oxygens (including phenoxy) is 1. The molecule has 1 aromatic carbocycles. The van der Waals surface area contributed by atoms with E-state index in [2.05, 4.69) is 10.9 Å². The van der Waals surface area contributed by atoms with Crippen LogP contribution in [0.4, 0.5) is 4.79 Å². The quantitative estimate of drug-likeness (QED) is 0.827. The van der Waals surface area contributed by atoms with Crippen LogP contribution in [0.15, 0.2) is 24.3 Å². The van der Waals surface area contributed by atoms with Gasteiger partial charge in [0.05, 0.1) is 6.04 Å². The van der Waals surface area contributed by atoms with E-state index in [0.717, 1.165) is 18.4 Å². The Labute approximate surface area is 144 Å². The summed E-state index contributed by atoms with van der Waals surface area (Å²) in [6.07, 6.45) is 1.35. The summed E-state index contributed by atoms with van der Waals surface area (Å²) in [6, 6.07) is 6.78. The second kappa shape index (κ2) is 7.81. The molecule has 7 nitrogen and oxygen atoms in total. The molecule has 0 aromatic heterocycles. The standard InChI is InChI=1S/C17H23N3O4.2H2/c1-4-15-9-10-20(17(23)24-15)11(2)13-5-7-14(8-6-13)16(22)19-18-12(3)21;;/h5-8,11,15H,4,9-10H2,1-3H3,(H,18,21)(H,19,22);2*1H/t11-,15+;;/m0../s1. The van der Waals surface area contributed by atoms with Crippen LogP contribution in [0, 0.1) is 0 Å². The molecule has 134 valence electrons. The van der Waals surface area contributed by atoms with Crippen LogP contribution in [0.25, 0.3) is 0 Å². The van der Waals surface area contributed by atoms with Crippen molar-refractivity contribution in [2.75, 3.05) is 6.54 Å². The van der Waals surface area contributed by atoms with Crippen molar-refractivity contribution in [2.45, 2.75) is 45.8 Å². The van der Waals surface area contributed by atoms with Gasteiger partial charge in [0.2, 0.25) is 5.91 Å². The highest BCUT2D eigenvalue weighted by Crippen LogP contribution is 2.26. The highest BCUT2D eigenvalue weighted by atomic mass is 16.6. The number of hydrogen-bond acceptors (Lipinski definition) is 4. The van der Waals surface area contributed by atoms with Gasteiger partial charge in [-0.25, -0.2) is 4.79 Å². The van der Waals surface area contributed by atoms with Gasteiger partial charge in [0.25, 0.3) is 5.91 Å². The van der Waals surface area contributed by atoms with Gasteiger partial charge in [-0.2, -0.15) is 0 Å². The van der Waals surface area contributed by atoms with Crippen molar-refractivity contribution in [1.29, 1.82) is 0 Å². The van der Waals surface area contributed by atoms with Crippen LogP contribution in [-0.4, -0.2) is 35.5 Å². The third-order valence-electron chi connectivity index (χ3n) is 4.12. The largest absolute Gasteiger partial charge is 0.446 e. The van der Waals surface area contributed by atoms with Crippen LogP contribution in [0.3, 0.4) is 0 Å². The maximum atomic E-state index is 12.1. The van der Waals surface area contributed by atoms with E-state index < -0.39 is 5.91 Å². The van der Waals surface area contributed by atoms with E-state index in [1.165, 1.54) is 6.92 Å². The normalized spacial score (nSPS) is 18.5. The lowest BCUT2D eigenvalue weighted by Crippen LogP contribution is -2.43. The molecule has 1 aliphatic heterocycles. The summed E-state index contributed by atoms with van der Waals surface area (Å²) in [5.41, 5.74) is 5.88. The smallest absolute Gasteiger partial charge is 0.410 e. The van der Waals surface area contributed by atoms with Gasteiger partial charge in [0.1, 0.15) is 6.10 Å². The Morgan fingerprint density at radius 2 is 2.00 bits per heavy atom. The maximum absolute atomic E-state index is 12.1. The zero-order chi connectivity index (χ0) is 17.7. The van der Waals surface area contributed by atoms with Crippen LogP contribution in [0.2, 0.25) is 0 Å². The minimum absolute atomic E-state index is 0. The fourth-order valence-corrected chi connectivity index (χ4v) is 2.59. The molecule has 0 aliphatic carbocycles. The van der Waals surface area contributed by atoms with Gasteiger partial charge in [0.15, 0.2) is 0 Å².